The van der Waals surface area contributed by atoms with E-state index in [0.717, 1.165) is 44.2 Å². The fourth-order valence-electron chi connectivity index (χ4n) is 4.90. The van der Waals surface area contributed by atoms with E-state index in [0.29, 0.717) is 29.1 Å². The molecule has 0 atom stereocenters. The molecule has 0 unspecified atom stereocenters. The second-order valence-electron chi connectivity index (χ2n) is 8.23. The number of rotatable bonds is 4. The molecule has 0 radical (unpaired) electrons. The first-order chi connectivity index (χ1) is 14.6. The molecule has 1 fully saturated rings. The van der Waals surface area contributed by atoms with Crippen molar-refractivity contribution in [2.24, 2.45) is 0 Å². The monoisotopic (exact) mass is 426 g/mol. The Morgan fingerprint density at radius 3 is 2.73 bits per heavy atom. The molecule has 5 rings (SSSR count). The van der Waals surface area contributed by atoms with Gasteiger partial charge in [-0.3, -0.25) is 14.0 Å². The van der Waals surface area contributed by atoms with Crippen molar-refractivity contribution in [3.63, 3.8) is 0 Å². The summed E-state index contributed by atoms with van der Waals surface area (Å²) >= 11 is 1.55. The maximum Gasteiger partial charge on any atom is 0.317 e. The summed E-state index contributed by atoms with van der Waals surface area (Å²) in [5.74, 6) is -0.809. The van der Waals surface area contributed by atoms with E-state index in [2.05, 4.69) is 4.98 Å². The Kier molecular flexibility index (Phi) is 4.93. The van der Waals surface area contributed by atoms with Crippen molar-refractivity contribution in [3.8, 4) is 0 Å². The van der Waals surface area contributed by atoms with E-state index >= 15 is 0 Å². The number of aryl methyl sites for hydroxylation is 2. The Labute approximate surface area is 177 Å². The Bertz CT molecular complexity index is 1180. The lowest BCUT2D eigenvalue weighted by Gasteiger charge is -2.27. The second-order valence-corrected chi connectivity index (χ2v) is 9.29. The van der Waals surface area contributed by atoms with Gasteiger partial charge in [-0.05, 0) is 44.6 Å². The molecule has 0 aliphatic heterocycles. The minimum atomic E-state index is -0.952. The molecule has 1 saturated carbocycles. The molecule has 7 heteroatoms. The zero-order valence-electron chi connectivity index (χ0n) is 16.7. The summed E-state index contributed by atoms with van der Waals surface area (Å²) < 4.78 is 21.8. The topological polar surface area (TPSA) is 60.7 Å². The normalized spacial score (nSPS) is 17.8. The standard InChI is InChI=1S/C23H23FN2O3S/c24-17-8-2-1-7-16(17)23(11-5-6-12-23)21(28)29-14-15-13-20(27)26-18-9-3-4-10-19(18)30-22(26)25-15/h1-2,7-8,13H,3-6,9-12,14H2. The zero-order valence-corrected chi connectivity index (χ0v) is 17.5. The fourth-order valence-corrected chi connectivity index (χ4v) is 6.14. The summed E-state index contributed by atoms with van der Waals surface area (Å²) in [5, 5.41) is 0. The van der Waals surface area contributed by atoms with Crippen LogP contribution in [0, 0.1) is 5.82 Å². The van der Waals surface area contributed by atoms with Crippen molar-refractivity contribution in [2.45, 2.75) is 63.4 Å². The molecule has 156 valence electrons. The third-order valence-electron chi connectivity index (χ3n) is 6.40. The van der Waals surface area contributed by atoms with Gasteiger partial charge < -0.3 is 4.74 Å². The van der Waals surface area contributed by atoms with Crippen molar-refractivity contribution in [1.82, 2.24) is 9.38 Å². The number of hydrogen-bond acceptors (Lipinski definition) is 5. The average Bonchev–Trinajstić information content (AvgIpc) is 3.38. The van der Waals surface area contributed by atoms with E-state index in [-0.39, 0.29) is 18.0 Å². The van der Waals surface area contributed by atoms with Gasteiger partial charge in [0.25, 0.3) is 5.56 Å². The molecule has 0 saturated heterocycles. The Morgan fingerprint density at radius 1 is 1.17 bits per heavy atom. The molecule has 2 heterocycles. The molecule has 2 aromatic heterocycles. The van der Waals surface area contributed by atoms with Crippen molar-refractivity contribution >= 4 is 22.3 Å². The largest absolute Gasteiger partial charge is 0.458 e. The highest BCUT2D eigenvalue weighted by Gasteiger charge is 2.45. The van der Waals surface area contributed by atoms with E-state index in [1.54, 1.807) is 33.9 Å². The number of halogens is 1. The lowest BCUT2D eigenvalue weighted by Crippen LogP contribution is -2.35. The molecule has 3 aromatic rings. The summed E-state index contributed by atoms with van der Waals surface area (Å²) in [5.41, 5.74) is 0.837. The van der Waals surface area contributed by atoms with E-state index in [9.17, 15) is 14.0 Å². The molecule has 5 nitrogen and oxygen atoms in total. The van der Waals surface area contributed by atoms with Gasteiger partial charge in [-0.25, -0.2) is 9.37 Å². The highest BCUT2D eigenvalue weighted by atomic mass is 32.1. The lowest BCUT2D eigenvalue weighted by atomic mass is 9.78. The van der Waals surface area contributed by atoms with E-state index in [1.807, 2.05) is 0 Å². The average molecular weight is 427 g/mol. The zero-order chi connectivity index (χ0) is 20.7. The van der Waals surface area contributed by atoms with E-state index in [1.165, 1.54) is 17.0 Å². The number of ether oxygens (including phenoxy) is 1. The van der Waals surface area contributed by atoms with Gasteiger partial charge in [0.2, 0.25) is 0 Å². The molecule has 0 spiro atoms. The van der Waals surface area contributed by atoms with Crippen LogP contribution in [-0.2, 0) is 34.4 Å². The number of aromatic nitrogens is 2. The number of esters is 1. The van der Waals surface area contributed by atoms with Crippen molar-refractivity contribution in [2.75, 3.05) is 0 Å². The summed E-state index contributed by atoms with van der Waals surface area (Å²) in [6.45, 7) is -0.0800. The Balaban J connectivity index is 1.41. The number of carbonyl (C=O) groups excluding carboxylic acids is 1. The first-order valence-corrected chi connectivity index (χ1v) is 11.4. The van der Waals surface area contributed by atoms with Crippen LogP contribution < -0.4 is 5.56 Å². The van der Waals surface area contributed by atoms with Crippen LogP contribution in [0.2, 0.25) is 0 Å². The van der Waals surface area contributed by atoms with Gasteiger partial charge in [0.15, 0.2) is 4.96 Å². The van der Waals surface area contributed by atoms with Crippen molar-refractivity contribution in [1.29, 1.82) is 0 Å². The predicted octanol–water partition coefficient (Wildman–Crippen LogP) is 4.33. The first-order valence-electron chi connectivity index (χ1n) is 10.5. The Morgan fingerprint density at radius 2 is 1.93 bits per heavy atom. The third-order valence-corrected chi connectivity index (χ3v) is 7.55. The van der Waals surface area contributed by atoms with Crippen LogP contribution in [0.4, 0.5) is 4.39 Å². The number of hydrogen-bond donors (Lipinski definition) is 0. The molecule has 0 amide bonds. The highest BCUT2D eigenvalue weighted by molar-refractivity contribution is 7.17. The minimum absolute atomic E-state index is 0.0800. The molecule has 2 aliphatic rings. The number of carbonyl (C=O) groups is 1. The summed E-state index contributed by atoms with van der Waals surface area (Å²) in [6, 6.07) is 7.89. The quantitative estimate of drug-likeness (QED) is 0.583. The molecule has 0 N–H and O–H groups in total. The van der Waals surface area contributed by atoms with Crippen LogP contribution >= 0.6 is 11.3 Å². The van der Waals surface area contributed by atoms with Crippen LogP contribution in [0.3, 0.4) is 0 Å². The van der Waals surface area contributed by atoms with Crippen LogP contribution in [0.1, 0.15) is 60.4 Å². The molecule has 2 aliphatic carbocycles. The second kappa shape index (κ2) is 7.61. The SMILES string of the molecule is O=C(OCc1cc(=O)n2c3c(sc2n1)CCCC3)C1(c2ccccc2F)CCCC1. The van der Waals surface area contributed by atoms with Gasteiger partial charge in [0.05, 0.1) is 11.1 Å². The van der Waals surface area contributed by atoms with E-state index < -0.39 is 11.4 Å². The summed E-state index contributed by atoms with van der Waals surface area (Å²) in [6.07, 6.45) is 6.96. The van der Waals surface area contributed by atoms with Gasteiger partial charge in [-0.1, -0.05) is 31.0 Å². The molecule has 0 bridgehead atoms. The van der Waals surface area contributed by atoms with Crippen molar-refractivity contribution < 1.29 is 13.9 Å². The van der Waals surface area contributed by atoms with E-state index in [4.69, 9.17) is 4.74 Å². The van der Waals surface area contributed by atoms with Gasteiger partial charge in [0, 0.05) is 22.2 Å². The number of nitrogens with zero attached hydrogens (tertiary/aromatic N) is 2. The van der Waals surface area contributed by atoms with Crippen LogP contribution in [-0.4, -0.2) is 15.4 Å². The van der Waals surface area contributed by atoms with Gasteiger partial charge in [-0.15, -0.1) is 11.3 Å². The smallest absolute Gasteiger partial charge is 0.317 e. The molecule has 1 aromatic carbocycles. The van der Waals surface area contributed by atoms with Crippen LogP contribution in [0.25, 0.3) is 4.96 Å². The summed E-state index contributed by atoms with van der Waals surface area (Å²) in [7, 11) is 0. The molecular formula is C23H23FN2O3S. The predicted molar refractivity (Wildman–Crippen MR) is 112 cm³/mol. The maximum atomic E-state index is 14.5. The summed E-state index contributed by atoms with van der Waals surface area (Å²) in [4.78, 5) is 32.3. The van der Waals surface area contributed by atoms with Crippen LogP contribution in [0.5, 0.6) is 0 Å². The third kappa shape index (κ3) is 3.16. The van der Waals surface area contributed by atoms with Gasteiger partial charge in [0.1, 0.15) is 12.4 Å². The highest BCUT2D eigenvalue weighted by Crippen LogP contribution is 2.43. The number of fused-ring (bicyclic) bond motifs is 3. The lowest BCUT2D eigenvalue weighted by molar-refractivity contribution is -0.152. The van der Waals surface area contributed by atoms with Gasteiger partial charge in [-0.2, -0.15) is 0 Å². The molecular weight excluding hydrogens is 403 g/mol. The fraction of sp³-hybridized carbons (Fsp3) is 0.435. The number of benzene rings is 1. The molecule has 30 heavy (non-hydrogen) atoms. The van der Waals surface area contributed by atoms with Gasteiger partial charge >= 0.3 is 5.97 Å². The minimum Gasteiger partial charge on any atom is -0.458 e. The van der Waals surface area contributed by atoms with Crippen molar-refractivity contribution in [3.05, 3.63) is 68.3 Å². The first kappa shape index (κ1) is 19.4. The number of thiazole rings is 1. The Hall–Kier alpha value is -2.54. The maximum absolute atomic E-state index is 14.5. The van der Waals surface area contributed by atoms with Crippen LogP contribution in [0.15, 0.2) is 35.1 Å².